The quantitative estimate of drug-likeness (QED) is 0.835. The summed E-state index contributed by atoms with van der Waals surface area (Å²) in [5.74, 6) is 0.298. The average Bonchev–Trinajstić information content (AvgIpc) is 2.34. The molecule has 0 spiro atoms. The van der Waals surface area contributed by atoms with Gasteiger partial charge >= 0.3 is 0 Å². The molecule has 1 aromatic rings. The van der Waals surface area contributed by atoms with E-state index in [4.69, 9.17) is 0 Å². The number of amides is 1. The van der Waals surface area contributed by atoms with Crippen LogP contribution >= 0.6 is 0 Å². The molecule has 112 valence electrons. The Bertz CT molecular complexity index is 436. The fraction of sp³-hybridized carbons (Fsp3) is 0.562. The normalized spacial score (nSPS) is 14.4. The monoisotopic (exact) mass is 278 g/mol. The van der Waals surface area contributed by atoms with Crippen LogP contribution in [0.15, 0.2) is 24.3 Å². The number of hydrogen-bond donors (Lipinski definition) is 2. The van der Waals surface area contributed by atoms with Crippen LogP contribution in [-0.2, 0) is 0 Å². The summed E-state index contributed by atoms with van der Waals surface area (Å²) >= 11 is 0. The van der Waals surface area contributed by atoms with E-state index in [9.17, 15) is 9.90 Å². The van der Waals surface area contributed by atoms with Crippen LogP contribution in [0.4, 0.5) is 0 Å². The maximum Gasteiger partial charge on any atom is 0.251 e. The van der Waals surface area contributed by atoms with Gasteiger partial charge in [-0.15, -0.1) is 0 Å². The summed E-state index contributed by atoms with van der Waals surface area (Å²) in [6.07, 6.45) is 0. The summed E-state index contributed by atoms with van der Waals surface area (Å²) < 4.78 is 0. The van der Waals surface area contributed by atoms with Gasteiger partial charge in [0.25, 0.3) is 5.91 Å². The number of hydrogen-bond acceptors (Lipinski definition) is 3. The summed E-state index contributed by atoms with van der Waals surface area (Å²) in [5.41, 5.74) is 0.896. The second kappa shape index (κ2) is 6.86. The predicted molar refractivity (Wildman–Crippen MR) is 82.0 cm³/mol. The Labute approximate surface area is 121 Å². The molecule has 0 aromatic heterocycles. The molecule has 1 amide bonds. The van der Waals surface area contributed by atoms with E-state index in [2.05, 4.69) is 19.2 Å². The van der Waals surface area contributed by atoms with Crippen molar-refractivity contribution in [3.8, 4) is 0 Å². The fourth-order valence-electron chi connectivity index (χ4n) is 2.13. The van der Waals surface area contributed by atoms with Gasteiger partial charge in [-0.3, -0.25) is 4.79 Å². The largest absolute Gasteiger partial charge is 0.387 e. The number of rotatable bonds is 6. The highest BCUT2D eigenvalue weighted by Crippen LogP contribution is 2.14. The molecule has 2 N–H and O–H groups in total. The first-order chi connectivity index (χ1) is 9.21. The summed E-state index contributed by atoms with van der Waals surface area (Å²) in [6, 6.07) is 7.59. The van der Waals surface area contributed by atoms with Gasteiger partial charge < -0.3 is 15.3 Å². The lowest BCUT2D eigenvalue weighted by molar-refractivity contribution is 0.0326. The molecular weight excluding hydrogens is 252 g/mol. The minimum atomic E-state index is -0.933. The molecule has 0 fully saturated rings. The van der Waals surface area contributed by atoms with Crippen molar-refractivity contribution in [2.45, 2.75) is 32.3 Å². The molecule has 0 radical (unpaired) electrons. The van der Waals surface area contributed by atoms with Crippen molar-refractivity contribution in [2.24, 2.45) is 0 Å². The Hall–Kier alpha value is -1.39. The number of carbonyl (C=O) groups excluding carboxylic acids is 1. The van der Waals surface area contributed by atoms with Crippen molar-refractivity contribution in [3.05, 3.63) is 35.4 Å². The number of nitrogens with zero attached hydrogens (tertiary/aromatic N) is 1. The Morgan fingerprint density at radius 2 is 1.85 bits per heavy atom. The van der Waals surface area contributed by atoms with E-state index >= 15 is 0 Å². The van der Waals surface area contributed by atoms with Crippen LogP contribution in [0.2, 0.25) is 0 Å². The average molecular weight is 278 g/mol. The molecule has 1 aromatic carbocycles. The van der Waals surface area contributed by atoms with E-state index in [1.807, 2.05) is 43.3 Å². The smallest absolute Gasteiger partial charge is 0.251 e. The number of nitrogens with one attached hydrogen (secondary N) is 1. The van der Waals surface area contributed by atoms with Crippen LogP contribution in [0.3, 0.4) is 0 Å². The van der Waals surface area contributed by atoms with Gasteiger partial charge in [0.15, 0.2) is 0 Å². The van der Waals surface area contributed by atoms with Gasteiger partial charge in [-0.05, 0) is 44.6 Å². The number of likely N-dealkylation sites (N-methyl/N-ethyl adjacent to an activating group) is 1. The Balaban J connectivity index is 2.58. The van der Waals surface area contributed by atoms with Gasteiger partial charge in [0.1, 0.15) is 0 Å². The van der Waals surface area contributed by atoms with Crippen LogP contribution in [0.25, 0.3) is 0 Å². The third-order valence-electron chi connectivity index (χ3n) is 3.13. The van der Waals surface area contributed by atoms with Crippen LogP contribution in [-0.4, -0.2) is 48.7 Å². The van der Waals surface area contributed by atoms with Crippen molar-refractivity contribution in [1.82, 2.24) is 10.2 Å². The zero-order valence-electron chi connectivity index (χ0n) is 13.1. The lowest BCUT2D eigenvalue weighted by Crippen LogP contribution is -2.47. The van der Waals surface area contributed by atoms with Crippen molar-refractivity contribution < 1.29 is 9.90 Å². The zero-order chi connectivity index (χ0) is 15.3. The first kappa shape index (κ1) is 16.7. The van der Waals surface area contributed by atoms with Crippen molar-refractivity contribution in [2.75, 3.05) is 27.2 Å². The molecule has 0 aliphatic carbocycles. The second-order valence-electron chi connectivity index (χ2n) is 6.19. The molecule has 1 atom stereocenters. The predicted octanol–water partition coefficient (Wildman–Crippen LogP) is 1.85. The van der Waals surface area contributed by atoms with Crippen molar-refractivity contribution in [3.63, 3.8) is 0 Å². The molecule has 0 heterocycles. The zero-order valence-corrected chi connectivity index (χ0v) is 13.1. The third kappa shape index (κ3) is 5.31. The topological polar surface area (TPSA) is 52.6 Å². The molecule has 0 saturated carbocycles. The van der Waals surface area contributed by atoms with E-state index < -0.39 is 5.60 Å². The summed E-state index contributed by atoms with van der Waals surface area (Å²) in [6.45, 7) is 6.69. The summed E-state index contributed by atoms with van der Waals surface area (Å²) in [5, 5.41) is 12.9. The maximum atomic E-state index is 12.0. The fourth-order valence-corrected chi connectivity index (χ4v) is 2.13. The SMILES string of the molecule is CC(C)c1ccc(C(=O)NCC(C)(O)CN(C)C)cc1. The standard InChI is InChI=1S/C16H26N2O2/c1-12(2)13-6-8-14(9-7-13)15(19)17-10-16(3,20)11-18(4)5/h6-9,12,20H,10-11H2,1-5H3,(H,17,19). The highest BCUT2D eigenvalue weighted by Gasteiger charge is 2.22. The van der Waals surface area contributed by atoms with E-state index in [0.29, 0.717) is 18.0 Å². The first-order valence-electron chi connectivity index (χ1n) is 6.96. The highest BCUT2D eigenvalue weighted by molar-refractivity contribution is 5.94. The molecular formula is C16H26N2O2. The number of carbonyl (C=O) groups is 1. The van der Waals surface area contributed by atoms with E-state index in [1.165, 1.54) is 5.56 Å². The van der Waals surface area contributed by atoms with Gasteiger partial charge in [0.2, 0.25) is 0 Å². The number of benzene rings is 1. The Kier molecular flexibility index (Phi) is 5.72. The van der Waals surface area contributed by atoms with Gasteiger partial charge in [-0.2, -0.15) is 0 Å². The van der Waals surface area contributed by atoms with Gasteiger partial charge in [0.05, 0.1) is 5.60 Å². The molecule has 0 aliphatic rings. The first-order valence-corrected chi connectivity index (χ1v) is 6.96. The van der Waals surface area contributed by atoms with E-state index in [-0.39, 0.29) is 12.5 Å². The lowest BCUT2D eigenvalue weighted by Gasteiger charge is -2.27. The van der Waals surface area contributed by atoms with Crippen molar-refractivity contribution >= 4 is 5.91 Å². The molecule has 0 aliphatic heterocycles. The van der Waals surface area contributed by atoms with Gasteiger partial charge in [-0.1, -0.05) is 26.0 Å². The molecule has 4 heteroatoms. The molecule has 1 rings (SSSR count). The van der Waals surface area contributed by atoms with Gasteiger partial charge in [0, 0.05) is 18.7 Å². The summed E-state index contributed by atoms with van der Waals surface area (Å²) in [4.78, 5) is 13.9. The molecule has 0 saturated heterocycles. The summed E-state index contributed by atoms with van der Waals surface area (Å²) in [7, 11) is 3.78. The van der Waals surface area contributed by atoms with Crippen LogP contribution in [0, 0.1) is 0 Å². The molecule has 20 heavy (non-hydrogen) atoms. The molecule has 0 bridgehead atoms. The molecule has 4 nitrogen and oxygen atoms in total. The van der Waals surface area contributed by atoms with E-state index in [0.717, 1.165) is 0 Å². The lowest BCUT2D eigenvalue weighted by atomic mass is 10.0. The van der Waals surface area contributed by atoms with Crippen LogP contribution in [0.5, 0.6) is 0 Å². The van der Waals surface area contributed by atoms with Crippen molar-refractivity contribution in [1.29, 1.82) is 0 Å². The van der Waals surface area contributed by atoms with E-state index in [1.54, 1.807) is 6.92 Å². The van der Waals surface area contributed by atoms with Crippen LogP contribution < -0.4 is 5.32 Å². The second-order valence-corrected chi connectivity index (χ2v) is 6.19. The minimum Gasteiger partial charge on any atom is -0.387 e. The Morgan fingerprint density at radius 1 is 1.30 bits per heavy atom. The molecule has 1 unspecified atom stereocenters. The third-order valence-corrected chi connectivity index (χ3v) is 3.13. The maximum absolute atomic E-state index is 12.0. The minimum absolute atomic E-state index is 0.153. The Morgan fingerprint density at radius 3 is 2.30 bits per heavy atom. The highest BCUT2D eigenvalue weighted by atomic mass is 16.3. The van der Waals surface area contributed by atoms with Crippen LogP contribution in [0.1, 0.15) is 42.6 Å². The van der Waals surface area contributed by atoms with Gasteiger partial charge in [-0.25, -0.2) is 0 Å². The number of aliphatic hydroxyl groups is 1.